The lowest BCUT2D eigenvalue weighted by molar-refractivity contribution is -0.142. The molecule has 0 aliphatic heterocycles. The van der Waals surface area contributed by atoms with E-state index in [0.717, 1.165) is 0 Å². The number of nitrogens with one attached hydrogen (secondary N) is 1. The lowest BCUT2D eigenvalue weighted by Gasteiger charge is -2.12. The van der Waals surface area contributed by atoms with Crippen LogP contribution < -0.4 is 14.8 Å². The topological polar surface area (TPSA) is 124 Å². The summed E-state index contributed by atoms with van der Waals surface area (Å²) >= 11 is 0. The molecule has 2 aromatic rings. The molecule has 0 radical (unpaired) electrons. The van der Waals surface area contributed by atoms with Gasteiger partial charge in [0, 0.05) is 5.69 Å². The Labute approximate surface area is 191 Å². The third-order valence-corrected chi connectivity index (χ3v) is 4.17. The van der Waals surface area contributed by atoms with Crippen LogP contribution in [0.2, 0.25) is 0 Å². The normalized spacial score (nSPS) is 10.5. The third-order valence-electron chi connectivity index (χ3n) is 4.17. The number of nitriles is 1. The number of carbonyl (C=O) groups excluding carboxylic acids is 3. The zero-order valence-corrected chi connectivity index (χ0v) is 18.5. The minimum absolute atomic E-state index is 0.143. The molecule has 2 rings (SSSR count). The first-order valence-electron chi connectivity index (χ1n) is 10.1. The molecule has 0 aliphatic carbocycles. The van der Waals surface area contributed by atoms with Crippen molar-refractivity contribution in [3.8, 4) is 17.6 Å². The Kier molecular flexibility index (Phi) is 9.46. The second-order valence-electron chi connectivity index (χ2n) is 6.43. The van der Waals surface area contributed by atoms with Crippen LogP contribution in [0.15, 0.2) is 48.0 Å². The van der Waals surface area contributed by atoms with Crippen LogP contribution in [0, 0.1) is 11.3 Å². The van der Waals surface area contributed by atoms with Gasteiger partial charge in [-0.2, -0.15) is 5.26 Å². The average molecular weight is 452 g/mol. The van der Waals surface area contributed by atoms with E-state index in [0.29, 0.717) is 34.9 Å². The highest BCUT2D eigenvalue weighted by molar-refractivity contribution is 6.09. The van der Waals surface area contributed by atoms with Gasteiger partial charge in [-0.3, -0.25) is 4.79 Å². The Morgan fingerprint density at radius 2 is 1.73 bits per heavy atom. The smallest absolute Gasteiger partial charge is 0.343 e. The highest BCUT2D eigenvalue weighted by Crippen LogP contribution is 2.29. The van der Waals surface area contributed by atoms with Crippen LogP contribution >= 0.6 is 0 Å². The quantitative estimate of drug-likeness (QED) is 0.331. The molecule has 0 aliphatic rings. The molecule has 0 saturated heterocycles. The molecule has 0 spiro atoms. The molecule has 9 nitrogen and oxygen atoms in total. The molecule has 0 fully saturated rings. The van der Waals surface area contributed by atoms with Gasteiger partial charge in [0.05, 0.1) is 25.9 Å². The van der Waals surface area contributed by atoms with Crippen molar-refractivity contribution >= 4 is 29.6 Å². The van der Waals surface area contributed by atoms with Gasteiger partial charge in [-0.05, 0) is 61.9 Å². The summed E-state index contributed by atoms with van der Waals surface area (Å²) < 4.78 is 20.4. The maximum Gasteiger partial charge on any atom is 0.343 e. The summed E-state index contributed by atoms with van der Waals surface area (Å²) in [6.45, 7) is 3.81. The maximum atomic E-state index is 12.6. The molecule has 1 N–H and O–H groups in total. The summed E-state index contributed by atoms with van der Waals surface area (Å²) in [7, 11) is 1.26. The van der Waals surface area contributed by atoms with E-state index in [9.17, 15) is 19.6 Å². The van der Waals surface area contributed by atoms with E-state index in [1.807, 2.05) is 6.07 Å². The summed E-state index contributed by atoms with van der Waals surface area (Å²) in [6, 6.07) is 12.8. The van der Waals surface area contributed by atoms with Crippen LogP contribution in [-0.2, 0) is 19.1 Å². The van der Waals surface area contributed by atoms with E-state index < -0.39 is 17.8 Å². The molecule has 33 heavy (non-hydrogen) atoms. The second kappa shape index (κ2) is 12.5. The molecule has 1 amide bonds. The van der Waals surface area contributed by atoms with E-state index in [1.54, 1.807) is 44.2 Å². The third kappa shape index (κ3) is 7.40. The molecule has 0 atom stereocenters. The SMILES string of the molecule is CCOC(=O)c1ccc(NC(=O)/C(C#N)=C/c2ccc(OCC(=O)OC)c(OCC)c2)cc1. The van der Waals surface area contributed by atoms with Gasteiger partial charge in [0.2, 0.25) is 0 Å². The Hall–Kier alpha value is -4.32. The molecule has 0 unspecified atom stereocenters. The summed E-state index contributed by atoms with van der Waals surface area (Å²) in [5.41, 5.74) is 1.14. The van der Waals surface area contributed by atoms with Gasteiger partial charge < -0.3 is 24.3 Å². The molecule has 9 heteroatoms. The van der Waals surface area contributed by atoms with E-state index >= 15 is 0 Å². The van der Waals surface area contributed by atoms with Gasteiger partial charge >= 0.3 is 11.9 Å². The first-order valence-corrected chi connectivity index (χ1v) is 10.1. The Bertz CT molecular complexity index is 1070. The molecular weight excluding hydrogens is 428 g/mol. The van der Waals surface area contributed by atoms with Gasteiger partial charge in [0.1, 0.15) is 11.6 Å². The first kappa shape index (κ1) is 24.9. The summed E-state index contributed by atoms with van der Waals surface area (Å²) in [5, 5.41) is 12.1. The van der Waals surface area contributed by atoms with E-state index in [-0.39, 0.29) is 18.8 Å². The number of hydrogen-bond acceptors (Lipinski definition) is 8. The zero-order chi connectivity index (χ0) is 24.2. The maximum absolute atomic E-state index is 12.6. The van der Waals surface area contributed by atoms with Crippen molar-refractivity contribution < 1.29 is 33.3 Å². The van der Waals surface area contributed by atoms with Crippen LogP contribution in [-0.4, -0.2) is 44.8 Å². The van der Waals surface area contributed by atoms with Crippen LogP contribution in [0.3, 0.4) is 0 Å². The fourth-order valence-corrected chi connectivity index (χ4v) is 2.62. The highest BCUT2D eigenvalue weighted by Gasteiger charge is 2.13. The van der Waals surface area contributed by atoms with E-state index in [4.69, 9.17) is 14.2 Å². The Morgan fingerprint density at radius 3 is 2.33 bits per heavy atom. The summed E-state index contributed by atoms with van der Waals surface area (Å²) in [5.74, 6) is -0.950. The van der Waals surface area contributed by atoms with Crippen molar-refractivity contribution in [3.63, 3.8) is 0 Å². The lowest BCUT2D eigenvalue weighted by atomic mass is 10.1. The van der Waals surface area contributed by atoms with Crippen molar-refractivity contribution in [2.24, 2.45) is 0 Å². The van der Waals surface area contributed by atoms with Crippen LogP contribution in [0.25, 0.3) is 6.08 Å². The second-order valence-corrected chi connectivity index (χ2v) is 6.43. The predicted octanol–water partition coefficient (Wildman–Crippen LogP) is 3.36. The first-order chi connectivity index (χ1) is 15.9. The molecule has 0 bridgehead atoms. The fourth-order valence-electron chi connectivity index (χ4n) is 2.62. The number of hydrogen-bond donors (Lipinski definition) is 1. The number of nitrogens with zero attached hydrogens (tertiary/aromatic N) is 1. The number of methoxy groups -OCH3 is 1. The van der Waals surface area contributed by atoms with E-state index in [2.05, 4.69) is 10.1 Å². The number of rotatable bonds is 10. The molecule has 0 heterocycles. The van der Waals surface area contributed by atoms with Crippen LogP contribution in [0.4, 0.5) is 5.69 Å². The number of amides is 1. The van der Waals surface area contributed by atoms with Gasteiger partial charge in [-0.15, -0.1) is 0 Å². The zero-order valence-electron chi connectivity index (χ0n) is 18.5. The lowest BCUT2D eigenvalue weighted by Crippen LogP contribution is -2.14. The minimum Gasteiger partial charge on any atom is -0.490 e. The Balaban J connectivity index is 2.17. The highest BCUT2D eigenvalue weighted by atomic mass is 16.6. The van der Waals surface area contributed by atoms with Crippen LogP contribution in [0.5, 0.6) is 11.5 Å². The number of ether oxygens (including phenoxy) is 4. The molecule has 0 aromatic heterocycles. The monoisotopic (exact) mass is 452 g/mol. The summed E-state index contributed by atoms with van der Waals surface area (Å²) in [4.78, 5) is 35.6. The van der Waals surface area contributed by atoms with Crippen molar-refractivity contribution in [2.75, 3.05) is 32.2 Å². The average Bonchev–Trinajstić information content (AvgIpc) is 2.82. The van der Waals surface area contributed by atoms with Gasteiger partial charge in [0.15, 0.2) is 18.1 Å². The minimum atomic E-state index is -0.620. The largest absolute Gasteiger partial charge is 0.490 e. The van der Waals surface area contributed by atoms with E-state index in [1.165, 1.54) is 25.3 Å². The number of anilines is 1. The van der Waals surface area contributed by atoms with Crippen molar-refractivity contribution in [2.45, 2.75) is 13.8 Å². The molecule has 2 aromatic carbocycles. The molecular formula is C24H24N2O7. The predicted molar refractivity (Wildman–Crippen MR) is 120 cm³/mol. The molecule has 172 valence electrons. The Morgan fingerprint density at radius 1 is 1.00 bits per heavy atom. The van der Waals surface area contributed by atoms with Crippen LogP contribution in [0.1, 0.15) is 29.8 Å². The summed E-state index contributed by atoms with van der Waals surface area (Å²) in [6.07, 6.45) is 1.40. The van der Waals surface area contributed by atoms with Crippen molar-refractivity contribution in [1.29, 1.82) is 5.26 Å². The molecule has 0 saturated carbocycles. The van der Waals surface area contributed by atoms with Crippen molar-refractivity contribution in [1.82, 2.24) is 0 Å². The van der Waals surface area contributed by atoms with Gasteiger partial charge in [-0.1, -0.05) is 6.07 Å². The van der Waals surface area contributed by atoms with Gasteiger partial charge in [-0.25, -0.2) is 9.59 Å². The van der Waals surface area contributed by atoms with Crippen molar-refractivity contribution in [3.05, 3.63) is 59.2 Å². The number of esters is 2. The number of benzene rings is 2. The number of carbonyl (C=O) groups is 3. The standard InChI is InChI=1S/C24H24N2O7/c1-4-31-21-13-16(6-11-20(21)33-15-22(27)30-3)12-18(14-25)23(28)26-19-9-7-17(8-10-19)24(29)32-5-2/h6-13H,4-5,15H2,1-3H3,(H,26,28)/b18-12+. The van der Waals surface area contributed by atoms with Gasteiger partial charge in [0.25, 0.3) is 5.91 Å². The fraction of sp³-hybridized carbons (Fsp3) is 0.250.